The Morgan fingerprint density at radius 3 is 2.55 bits per heavy atom. The highest BCUT2D eigenvalue weighted by Crippen LogP contribution is 2.35. The van der Waals surface area contributed by atoms with E-state index in [1.54, 1.807) is 18.2 Å². The van der Waals surface area contributed by atoms with Crippen molar-refractivity contribution in [2.75, 3.05) is 6.79 Å². The van der Waals surface area contributed by atoms with E-state index in [0.717, 1.165) is 0 Å². The van der Waals surface area contributed by atoms with Crippen molar-refractivity contribution < 1.29 is 19.0 Å². The van der Waals surface area contributed by atoms with Gasteiger partial charge in [-0.05, 0) is 26.0 Å². The molecule has 1 heterocycles. The number of aliphatic imine (C=N–C) groups is 1. The van der Waals surface area contributed by atoms with Gasteiger partial charge >= 0.3 is 5.97 Å². The smallest absolute Gasteiger partial charge is 0.353 e. The van der Waals surface area contributed by atoms with Gasteiger partial charge < -0.3 is 14.2 Å². The highest BCUT2D eigenvalue weighted by atomic mass is 16.7. The lowest BCUT2D eigenvalue weighted by Crippen LogP contribution is -2.25. The summed E-state index contributed by atoms with van der Waals surface area (Å²) in [6.45, 7) is 7.67. The predicted octanol–water partition coefficient (Wildman–Crippen LogP) is 3.10. The molecule has 0 N–H and O–H groups in total. The Hall–Kier alpha value is -2.04. The molecule has 0 aliphatic carbocycles. The fourth-order valence-electron chi connectivity index (χ4n) is 1.78. The van der Waals surface area contributed by atoms with Gasteiger partial charge in [-0.2, -0.15) is 0 Å². The number of esters is 1. The maximum absolute atomic E-state index is 12.0. The number of hydrogen-bond acceptors (Lipinski definition) is 5. The highest BCUT2D eigenvalue weighted by molar-refractivity contribution is 6.37. The number of rotatable bonds is 4. The first-order chi connectivity index (χ1) is 9.47. The highest BCUT2D eigenvalue weighted by Gasteiger charge is 2.19. The van der Waals surface area contributed by atoms with Crippen molar-refractivity contribution in [2.24, 2.45) is 10.9 Å². The lowest BCUT2D eigenvalue weighted by atomic mass is 10.1. The molecule has 1 aromatic carbocycles. The van der Waals surface area contributed by atoms with Gasteiger partial charge in [-0.3, -0.25) is 0 Å². The molecule has 0 fully saturated rings. The van der Waals surface area contributed by atoms with Gasteiger partial charge in [-0.1, -0.05) is 13.8 Å². The van der Waals surface area contributed by atoms with E-state index in [1.165, 1.54) is 0 Å². The van der Waals surface area contributed by atoms with Gasteiger partial charge in [0.15, 0.2) is 11.5 Å². The zero-order valence-electron chi connectivity index (χ0n) is 12.2. The molecule has 5 nitrogen and oxygen atoms in total. The molecule has 0 amide bonds. The number of nitrogens with zero attached hydrogens (tertiary/aromatic N) is 1. The van der Waals surface area contributed by atoms with Gasteiger partial charge in [0.2, 0.25) is 6.79 Å². The summed E-state index contributed by atoms with van der Waals surface area (Å²) in [5.41, 5.74) is 1.05. The summed E-state index contributed by atoms with van der Waals surface area (Å²) < 4.78 is 15.8. The molecular weight excluding hydrogens is 258 g/mol. The molecule has 1 aliphatic heterocycles. The molecule has 0 atom stereocenters. The summed E-state index contributed by atoms with van der Waals surface area (Å²) in [7, 11) is 0. The van der Waals surface area contributed by atoms with Crippen LogP contribution in [-0.2, 0) is 9.53 Å². The molecule has 0 unspecified atom stereocenters. The zero-order chi connectivity index (χ0) is 14.7. The van der Waals surface area contributed by atoms with E-state index in [1.807, 2.05) is 27.7 Å². The third-order valence-corrected chi connectivity index (χ3v) is 2.70. The molecular formula is C15H19NO4. The van der Waals surface area contributed by atoms with E-state index in [2.05, 4.69) is 4.99 Å². The van der Waals surface area contributed by atoms with Gasteiger partial charge in [-0.25, -0.2) is 9.79 Å². The van der Waals surface area contributed by atoms with Gasteiger partial charge in [0.1, 0.15) is 5.71 Å². The monoisotopic (exact) mass is 277 g/mol. The van der Waals surface area contributed by atoms with Crippen LogP contribution in [0.2, 0.25) is 0 Å². The predicted molar refractivity (Wildman–Crippen MR) is 75.7 cm³/mol. The first kappa shape index (κ1) is 14.4. The van der Waals surface area contributed by atoms with Crippen LogP contribution < -0.4 is 9.47 Å². The van der Waals surface area contributed by atoms with Crippen LogP contribution in [-0.4, -0.2) is 24.6 Å². The fraction of sp³-hybridized carbons (Fsp3) is 0.467. The Morgan fingerprint density at radius 2 is 1.90 bits per heavy atom. The van der Waals surface area contributed by atoms with Crippen molar-refractivity contribution in [3.63, 3.8) is 0 Å². The number of ether oxygens (including phenoxy) is 3. The van der Waals surface area contributed by atoms with Gasteiger partial charge in [-0.15, -0.1) is 0 Å². The van der Waals surface area contributed by atoms with Crippen LogP contribution in [0.15, 0.2) is 23.2 Å². The van der Waals surface area contributed by atoms with Crippen molar-refractivity contribution >= 4 is 17.4 Å². The van der Waals surface area contributed by atoms with Crippen LogP contribution in [0.4, 0.5) is 5.69 Å². The topological polar surface area (TPSA) is 57.1 Å². The first-order valence-electron chi connectivity index (χ1n) is 6.66. The Labute approximate surface area is 118 Å². The Kier molecular flexibility index (Phi) is 4.27. The minimum atomic E-state index is -0.382. The molecule has 0 bridgehead atoms. The van der Waals surface area contributed by atoms with E-state index in [0.29, 0.717) is 22.9 Å². The van der Waals surface area contributed by atoms with E-state index < -0.39 is 0 Å². The molecule has 20 heavy (non-hydrogen) atoms. The number of benzene rings is 1. The van der Waals surface area contributed by atoms with Crippen LogP contribution in [0, 0.1) is 5.92 Å². The summed E-state index contributed by atoms with van der Waals surface area (Å²) >= 11 is 0. The molecule has 108 valence electrons. The van der Waals surface area contributed by atoms with Gasteiger partial charge in [0, 0.05) is 12.0 Å². The lowest BCUT2D eigenvalue weighted by molar-refractivity contribution is -0.139. The van der Waals surface area contributed by atoms with Crippen LogP contribution in [0.5, 0.6) is 11.5 Å². The molecule has 0 radical (unpaired) electrons. The van der Waals surface area contributed by atoms with Crippen molar-refractivity contribution in [1.82, 2.24) is 0 Å². The van der Waals surface area contributed by atoms with Crippen molar-refractivity contribution in [1.29, 1.82) is 0 Å². The Morgan fingerprint density at radius 1 is 1.20 bits per heavy atom. The molecule has 0 saturated carbocycles. The van der Waals surface area contributed by atoms with Crippen molar-refractivity contribution in [3.05, 3.63) is 18.2 Å². The van der Waals surface area contributed by atoms with E-state index in [9.17, 15) is 4.79 Å². The molecule has 1 aromatic rings. The lowest BCUT2D eigenvalue weighted by Gasteiger charge is -2.12. The molecule has 0 aromatic heterocycles. The van der Waals surface area contributed by atoms with Crippen molar-refractivity contribution in [2.45, 2.75) is 33.8 Å². The summed E-state index contributed by atoms with van der Waals surface area (Å²) in [6, 6.07) is 5.33. The second-order valence-electron chi connectivity index (χ2n) is 5.14. The van der Waals surface area contributed by atoms with E-state index in [-0.39, 0.29) is 24.8 Å². The molecule has 0 saturated heterocycles. The largest absolute Gasteiger partial charge is 0.458 e. The maximum Gasteiger partial charge on any atom is 0.353 e. The standard InChI is InChI=1S/C15H19NO4/c1-9(2)14(15(17)20-10(3)4)16-11-5-6-12-13(7-11)19-8-18-12/h5-7,9-10H,8H2,1-4H3/b16-14-. The quantitative estimate of drug-likeness (QED) is 0.627. The second-order valence-corrected chi connectivity index (χ2v) is 5.14. The normalized spacial score (nSPS) is 14.0. The van der Waals surface area contributed by atoms with Crippen LogP contribution >= 0.6 is 0 Å². The van der Waals surface area contributed by atoms with E-state index in [4.69, 9.17) is 14.2 Å². The number of fused-ring (bicyclic) bond motifs is 1. The van der Waals surface area contributed by atoms with Gasteiger partial charge in [0.05, 0.1) is 11.8 Å². The maximum atomic E-state index is 12.0. The third kappa shape index (κ3) is 3.29. The second kappa shape index (κ2) is 5.94. The first-order valence-corrected chi connectivity index (χ1v) is 6.66. The van der Waals surface area contributed by atoms with Crippen LogP contribution in [0.1, 0.15) is 27.7 Å². The van der Waals surface area contributed by atoms with Crippen LogP contribution in [0.25, 0.3) is 0 Å². The minimum Gasteiger partial charge on any atom is -0.458 e. The van der Waals surface area contributed by atoms with E-state index >= 15 is 0 Å². The summed E-state index contributed by atoms with van der Waals surface area (Å²) in [6.07, 6.45) is -0.164. The molecule has 2 rings (SSSR count). The fourth-order valence-corrected chi connectivity index (χ4v) is 1.78. The zero-order valence-corrected chi connectivity index (χ0v) is 12.2. The van der Waals surface area contributed by atoms with Gasteiger partial charge in [0.25, 0.3) is 0 Å². The SMILES string of the molecule is CC(C)OC(=O)/C(=N\c1ccc2c(c1)OCO2)C(C)C. The summed E-state index contributed by atoms with van der Waals surface area (Å²) in [4.78, 5) is 16.4. The summed E-state index contributed by atoms with van der Waals surface area (Å²) in [5.74, 6) is 0.936. The minimum absolute atomic E-state index is 0.0216. The number of hydrogen-bond donors (Lipinski definition) is 0. The molecule has 1 aliphatic rings. The third-order valence-electron chi connectivity index (χ3n) is 2.70. The number of carbonyl (C=O) groups excluding carboxylic acids is 1. The Balaban J connectivity index is 2.26. The van der Waals surface area contributed by atoms with Crippen molar-refractivity contribution in [3.8, 4) is 11.5 Å². The average Bonchev–Trinajstić information content (AvgIpc) is 2.81. The molecule has 0 spiro atoms. The number of carbonyl (C=O) groups is 1. The molecule has 5 heteroatoms. The Bertz CT molecular complexity index is 535. The van der Waals surface area contributed by atoms with Crippen LogP contribution in [0.3, 0.4) is 0 Å². The average molecular weight is 277 g/mol. The summed E-state index contributed by atoms with van der Waals surface area (Å²) in [5, 5.41) is 0.